The lowest BCUT2D eigenvalue weighted by atomic mass is 10.3. The third-order valence-electron chi connectivity index (χ3n) is 12.7. The van der Waals surface area contributed by atoms with E-state index in [1.54, 1.807) is 0 Å². The van der Waals surface area contributed by atoms with Gasteiger partial charge in [0.2, 0.25) is 0 Å². The molecule has 0 atom stereocenters. The minimum atomic E-state index is 1.04. The molecule has 0 bridgehead atoms. The molecule has 0 fully saturated rings. The van der Waals surface area contributed by atoms with Crippen LogP contribution >= 0.6 is 0 Å². The van der Waals surface area contributed by atoms with Crippen LogP contribution in [0, 0.1) is 125 Å². The smallest absolute Gasteiger partial charge is 0.252 e. The van der Waals surface area contributed by atoms with Crippen LogP contribution in [0.2, 0.25) is 0 Å². The molecule has 396 valence electrons. The monoisotopic (exact) mass is 1010 g/mol. The highest BCUT2D eigenvalue weighted by atomic mass is 15.0. The first-order valence-electron chi connectivity index (χ1n) is 24.8. The molecule has 74 heavy (non-hydrogen) atoms. The van der Waals surface area contributed by atoms with Crippen LogP contribution < -0.4 is 36.5 Å². The van der Waals surface area contributed by atoms with Crippen molar-refractivity contribution in [3.63, 3.8) is 0 Å². The Labute approximate surface area is 445 Å². The zero-order valence-electron chi connectivity index (χ0n) is 50.2. The zero-order chi connectivity index (χ0) is 56.6. The summed E-state index contributed by atoms with van der Waals surface area (Å²) in [4.78, 5) is 33.1. The SMILES string of the molecule is Cc1c[n+](C)c(C)c(C)n1.Cc1c[n+](C)c(C)cn1.Cc1cc(C)[n+](C)c(C)n1.Cc1ccnc(C)[n+]1C.Cc1cnc(C)[n+](C)c1.Cc1cnc[n+](C)c1C.Cc1cncc(C)[n+]1C.Cc1ncc[n+](C)c1C. The van der Waals surface area contributed by atoms with Crippen molar-refractivity contribution >= 4 is 0 Å². The molecule has 0 amide bonds. The fraction of sp³-hybridized carbons (Fsp3) is 0.448. The van der Waals surface area contributed by atoms with E-state index in [2.05, 4.69) is 121 Å². The van der Waals surface area contributed by atoms with Crippen LogP contribution in [-0.4, -0.2) is 39.9 Å². The summed E-state index contributed by atoms with van der Waals surface area (Å²) >= 11 is 0. The van der Waals surface area contributed by atoms with E-state index < -0.39 is 0 Å². The summed E-state index contributed by atoms with van der Waals surface area (Å²) in [5.41, 5.74) is 17.6. The average Bonchev–Trinajstić information content (AvgIpc) is 3.33. The molecule has 16 heteroatoms. The van der Waals surface area contributed by atoms with Gasteiger partial charge in [-0.2, -0.15) is 0 Å². The van der Waals surface area contributed by atoms with E-state index in [0.717, 1.165) is 45.9 Å². The normalized spacial score (nSPS) is 9.76. The predicted octanol–water partition coefficient (Wildman–Crippen LogP) is 4.80. The molecule has 0 aliphatic heterocycles. The van der Waals surface area contributed by atoms with Gasteiger partial charge in [-0.05, 0) is 62.3 Å². The molecule has 0 spiro atoms. The van der Waals surface area contributed by atoms with Gasteiger partial charge in [-0.1, -0.05) is 19.9 Å². The Morgan fingerprint density at radius 1 is 0.351 bits per heavy atom. The van der Waals surface area contributed by atoms with Crippen LogP contribution in [0.15, 0.2) is 86.6 Å². The Kier molecular flexibility index (Phi) is 27.9. The van der Waals surface area contributed by atoms with Gasteiger partial charge in [0.1, 0.15) is 86.6 Å². The van der Waals surface area contributed by atoms with Crippen LogP contribution in [0.1, 0.15) is 103 Å². The molecular formula is C58H92N16+8. The number of aryl methyl sites for hydroxylation is 20. The molecule has 8 aromatic heterocycles. The Morgan fingerprint density at radius 2 is 0.932 bits per heavy atom. The van der Waals surface area contributed by atoms with Crippen molar-refractivity contribution in [3.05, 3.63) is 189 Å². The largest absolute Gasteiger partial charge is 0.295 e. The second-order valence-corrected chi connectivity index (χ2v) is 18.8. The number of hydrogen-bond donors (Lipinski definition) is 0. The van der Waals surface area contributed by atoms with E-state index in [1.807, 2.05) is 223 Å². The highest BCUT2D eigenvalue weighted by Crippen LogP contribution is 1.98. The highest BCUT2D eigenvalue weighted by molar-refractivity contribution is 5.06. The Morgan fingerprint density at radius 3 is 1.38 bits per heavy atom. The summed E-state index contributed by atoms with van der Waals surface area (Å²) in [5.74, 6) is 3.16. The lowest BCUT2D eigenvalue weighted by Gasteiger charge is -1.97. The molecule has 0 aliphatic rings. The van der Waals surface area contributed by atoms with E-state index in [-0.39, 0.29) is 0 Å². The maximum atomic E-state index is 4.31. The van der Waals surface area contributed by atoms with Crippen LogP contribution in [0.5, 0.6) is 0 Å². The van der Waals surface area contributed by atoms with Gasteiger partial charge in [0.05, 0.1) is 59.2 Å². The van der Waals surface area contributed by atoms with E-state index in [1.165, 1.54) is 56.7 Å². The molecule has 0 unspecified atom stereocenters. The van der Waals surface area contributed by atoms with E-state index in [4.69, 9.17) is 0 Å². The van der Waals surface area contributed by atoms with Gasteiger partial charge in [0, 0.05) is 85.6 Å². The third kappa shape index (κ3) is 23.0. The lowest BCUT2D eigenvalue weighted by Crippen LogP contribution is -2.36. The van der Waals surface area contributed by atoms with Crippen molar-refractivity contribution in [1.82, 2.24) is 39.9 Å². The van der Waals surface area contributed by atoms with Crippen molar-refractivity contribution in [1.29, 1.82) is 0 Å². The minimum Gasteiger partial charge on any atom is -0.252 e. The summed E-state index contributed by atoms with van der Waals surface area (Å²) < 4.78 is 16.5. The summed E-state index contributed by atoms with van der Waals surface area (Å²) in [5, 5.41) is 0. The van der Waals surface area contributed by atoms with Crippen LogP contribution in [-0.2, 0) is 56.4 Å². The van der Waals surface area contributed by atoms with E-state index in [9.17, 15) is 0 Å². The van der Waals surface area contributed by atoms with Crippen LogP contribution in [0.25, 0.3) is 0 Å². The Bertz CT molecular complexity index is 2610. The highest BCUT2D eigenvalue weighted by Gasteiger charge is 2.08. The molecule has 8 aromatic rings. The lowest BCUT2D eigenvalue weighted by molar-refractivity contribution is -0.687. The third-order valence-corrected chi connectivity index (χ3v) is 12.7. The summed E-state index contributed by atoms with van der Waals surface area (Å²) in [6, 6.07) is 4.07. The number of hydrogen-bond acceptors (Lipinski definition) is 8. The van der Waals surface area contributed by atoms with E-state index in [0.29, 0.717) is 0 Å². The standard InChI is InChI=1S/2C8H13N2.6C7H11N2/c1-6-5-10(4)8(3)7(2)9-6;1-6-5-7(2)10(4)8(3)9-6;1-6-5-9(3)7(2)4-8-6;1-6-4-8-5-9(3)7(6)2;1-6-4-8-5-7(2)9(6)3;1-6-4-8-7(2)9(3)5-6;1-6-7(2)9(3)5-4-8-6;1-6-4-5-8-7(2)9(6)3/h2*5H,1-4H3;6*4-5H,1-3H3/q8*+1. The van der Waals surface area contributed by atoms with Crippen LogP contribution in [0.4, 0.5) is 0 Å². The van der Waals surface area contributed by atoms with Crippen molar-refractivity contribution in [3.8, 4) is 0 Å². The van der Waals surface area contributed by atoms with Crippen molar-refractivity contribution in [2.45, 2.75) is 125 Å². The van der Waals surface area contributed by atoms with Crippen molar-refractivity contribution in [2.75, 3.05) is 0 Å². The Balaban J connectivity index is 0.000000423. The summed E-state index contributed by atoms with van der Waals surface area (Å²) in [6.45, 7) is 36.6. The fourth-order valence-electron chi connectivity index (χ4n) is 6.26. The first-order chi connectivity index (χ1) is 34.5. The zero-order valence-corrected chi connectivity index (χ0v) is 50.2. The maximum Gasteiger partial charge on any atom is 0.295 e. The first-order valence-corrected chi connectivity index (χ1v) is 24.8. The van der Waals surface area contributed by atoms with E-state index >= 15 is 0 Å². The second kappa shape index (κ2) is 32.0. The van der Waals surface area contributed by atoms with Gasteiger partial charge in [-0.25, -0.2) is 51.5 Å². The van der Waals surface area contributed by atoms with Gasteiger partial charge in [0.25, 0.3) is 23.8 Å². The number of aromatic nitrogens is 16. The molecule has 0 saturated heterocycles. The van der Waals surface area contributed by atoms with Gasteiger partial charge < -0.3 is 0 Å². The van der Waals surface area contributed by atoms with Gasteiger partial charge in [-0.3, -0.25) is 4.98 Å². The molecule has 0 radical (unpaired) electrons. The molecule has 0 saturated carbocycles. The molecule has 16 nitrogen and oxygen atoms in total. The molecule has 0 aromatic carbocycles. The minimum absolute atomic E-state index is 1.04. The second-order valence-electron chi connectivity index (χ2n) is 18.8. The maximum absolute atomic E-state index is 4.31. The van der Waals surface area contributed by atoms with Gasteiger partial charge in [0.15, 0.2) is 52.8 Å². The predicted molar refractivity (Wildman–Crippen MR) is 289 cm³/mol. The van der Waals surface area contributed by atoms with Crippen molar-refractivity contribution in [2.24, 2.45) is 56.4 Å². The van der Waals surface area contributed by atoms with Gasteiger partial charge in [-0.15, -0.1) is 0 Å². The van der Waals surface area contributed by atoms with Crippen LogP contribution in [0.3, 0.4) is 0 Å². The molecular weight excluding hydrogens is 921 g/mol. The quantitative estimate of drug-likeness (QED) is 0.198. The number of rotatable bonds is 0. The Hall–Kier alpha value is -7.36. The molecule has 8 heterocycles. The first kappa shape index (κ1) is 64.7. The summed E-state index contributed by atoms with van der Waals surface area (Å²) in [7, 11) is 16.1. The number of nitrogens with zero attached hydrogens (tertiary/aromatic N) is 16. The molecule has 8 rings (SSSR count). The summed E-state index contributed by atoms with van der Waals surface area (Å²) in [6.07, 6.45) is 22.8. The molecule has 0 aliphatic carbocycles. The topological polar surface area (TPSA) is 134 Å². The van der Waals surface area contributed by atoms with Crippen molar-refractivity contribution < 1.29 is 36.5 Å². The fourth-order valence-corrected chi connectivity index (χ4v) is 6.26. The average molecular weight is 1010 g/mol. The molecule has 0 N–H and O–H groups in total. The van der Waals surface area contributed by atoms with Gasteiger partial charge >= 0.3 is 0 Å².